The number of aromatic nitrogens is 3. The van der Waals surface area contributed by atoms with E-state index in [2.05, 4.69) is 45.8 Å². The van der Waals surface area contributed by atoms with Gasteiger partial charge in [-0.3, -0.25) is 0 Å². The van der Waals surface area contributed by atoms with E-state index in [1.165, 1.54) is 0 Å². The molecular formula is C48H25N5O2. The van der Waals surface area contributed by atoms with Crippen molar-refractivity contribution in [3.8, 4) is 45.7 Å². The molecule has 55 heavy (non-hydrogen) atoms. The second kappa shape index (κ2) is 11.8. The van der Waals surface area contributed by atoms with E-state index in [1.807, 2.05) is 121 Å². The molecular weight excluding hydrogens is 679 g/mol. The topological polar surface area (TPSA) is 85.1 Å². The van der Waals surface area contributed by atoms with Crippen LogP contribution in [0.3, 0.4) is 0 Å². The van der Waals surface area contributed by atoms with Crippen LogP contribution in [0, 0.1) is 17.9 Å². The number of para-hydroxylation sites is 3. The number of rotatable bonds is 4. The van der Waals surface area contributed by atoms with Crippen molar-refractivity contribution in [2.24, 2.45) is 0 Å². The first kappa shape index (κ1) is 30.6. The molecule has 4 aromatic heterocycles. The summed E-state index contributed by atoms with van der Waals surface area (Å²) in [5.41, 5.74) is 9.74. The van der Waals surface area contributed by atoms with Crippen LogP contribution >= 0.6 is 0 Å². The van der Waals surface area contributed by atoms with Crippen LogP contribution in [0.25, 0.3) is 110 Å². The van der Waals surface area contributed by atoms with Crippen molar-refractivity contribution in [2.45, 2.75) is 0 Å². The molecule has 0 radical (unpaired) electrons. The third-order valence-electron chi connectivity index (χ3n) is 10.5. The van der Waals surface area contributed by atoms with Crippen molar-refractivity contribution in [3.05, 3.63) is 169 Å². The highest BCUT2D eigenvalue weighted by Gasteiger charge is 2.22. The van der Waals surface area contributed by atoms with Gasteiger partial charge in [-0.2, -0.15) is 5.26 Å². The van der Waals surface area contributed by atoms with Gasteiger partial charge < -0.3 is 13.4 Å². The first-order chi connectivity index (χ1) is 27.2. The van der Waals surface area contributed by atoms with E-state index in [9.17, 15) is 5.26 Å². The van der Waals surface area contributed by atoms with Crippen molar-refractivity contribution in [1.29, 1.82) is 5.26 Å². The lowest BCUT2D eigenvalue weighted by molar-refractivity contribution is 0.668. The van der Waals surface area contributed by atoms with Gasteiger partial charge in [0, 0.05) is 49.5 Å². The molecule has 0 aliphatic carbocycles. The Labute approximate surface area is 313 Å². The number of hydrogen-bond acceptors (Lipinski definition) is 5. The van der Waals surface area contributed by atoms with Crippen LogP contribution in [0.15, 0.2) is 160 Å². The van der Waals surface area contributed by atoms with Crippen LogP contribution in [-0.2, 0) is 0 Å². The summed E-state index contributed by atoms with van der Waals surface area (Å²) in [6.07, 6.45) is 0. The summed E-state index contributed by atoms with van der Waals surface area (Å²) in [6.45, 7) is 8.43. The number of nitriles is 1. The maximum absolute atomic E-state index is 10.7. The highest BCUT2D eigenvalue weighted by atomic mass is 16.3. The molecule has 0 spiro atoms. The summed E-state index contributed by atoms with van der Waals surface area (Å²) in [6, 6.07) is 52.2. The molecule has 0 aliphatic heterocycles. The Kier molecular flexibility index (Phi) is 6.54. The second-order valence-electron chi connectivity index (χ2n) is 13.5. The van der Waals surface area contributed by atoms with Gasteiger partial charge in [-0.15, -0.1) is 0 Å². The SMILES string of the molecule is [C-]#[N+]c1cc(-c2nc(-c3ccc4oc5ccccc5c4c3)nc(-c3ccccc3)c2C#N)ccc1-n1c2ccccc2c2cc3c(cc21)oc1ccccc13. The predicted molar refractivity (Wildman–Crippen MR) is 218 cm³/mol. The van der Waals surface area contributed by atoms with Gasteiger partial charge in [0.2, 0.25) is 5.69 Å². The minimum Gasteiger partial charge on any atom is -0.456 e. The molecule has 7 aromatic carbocycles. The Morgan fingerprint density at radius 3 is 1.87 bits per heavy atom. The number of benzene rings is 7. The van der Waals surface area contributed by atoms with Crippen molar-refractivity contribution in [3.63, 3.8) is 0 Å². The number of furan rings is 2. The van der Waals surface area contributed by atoms with Crippen LogP contribution in [0.4, 0.5) is 5.69 Å². The molecule has 4 heterocycles. The third-order valence-corrected chi connectivity index (χ3v) is 10.5. The summed E-state index contributed by atoms with van der Waals surface area (Å²) < 4.78 is 14.6. The quantitative estimate of drug-likeness (QED) is 0.170. The fourth-order valence-electron chi connectivity index (χ4n) is 7.97. The lowest BCUT2D eigenvalue weighted by Gasteiger charge is -2.15. The number of fused-ring (bicyclic) bond motifs is 9. The van der Waals surface area contributed by atoms with E-state index in [-0.39, 0.29) is 0 Å². The van der Waals surface area contributed by atoms with Crippen LogP contribution in [0.2, 0.25) is 0 Å². The smallest absolute Gasteiger partial charge is 0.211 e. The molecule has 0 atom stereocenters. The Balaban J connectivity index is 1.13. The molecule has 0 amide bonds. The van der Waals surface area contributed by atoms with E-state index in [4.69, 9.17) is 25.4 Å². The Morgan fingerprint density at radius 1 is 0.509 bits per heavy atom. The Bertz CT molecular complexity index is 3470. The molecule has 0 bridgehead atoms. The predicted octanol–water partition coefficient (Wildman–Crippen LogP) is 12.8. The number of nitrogens with zero attached hydrogens (tertiary/aromatic N) is 5. The molecule has 0 N–H and O–H groups in total. The molecule has 0 fully saturated rings. The van der Waals surface area contributed by atoms with E-state index in [1.54, 1.807) is 0 Å². The maximum atomic E-state index is 10.7. The van der Waals surface area contributed by atoms with Gasteiger partial charge in [0.25, 0.3) is 0 Å². The first-order valence-corrected chi connectivity index (χ1v) is 17.8. The minimum absolute atomic E-state index is 0.331. The standard InChI is InChI=1S/C48H25N5O2/c1-50-38-24-29(19-21-40(38)53-39-16-8-5-13-31(39)34-25-36-33-15-7-10-18-43(33)55-45(36)26-41(34)53)47-37(27-49)46(28-11-3-2-4-12-28)51-48(52-47)30-20-22-44-35(23-30)32-14-6-9-17-42(32)54-44/h2-26H. The zero-order chi connectivity index (χ0) is 36.6. The average molecular weight is 704 g/mol. The van der Waals surface area contributed by atoms with Crippen molar-refractivity contribution in [2.75, 3.05) is 0 Å². The van der Waals surface area contributed by atoms with Crippen molar-refractivity contribution >= 4 is 71.4 Å². The van der Waals surface area contributed by atoms with Gasteiger partial charge in [0.1, 0.15) is 34.0 Å². The van der Waals surface area contributed by atoms with E-state index in [0.29, 0.717) is 39.7 Å². The van der Waals surface area contributed by atoms with Gasteiger partial charge in [-0.1, -0.05) is 91.0 Å². The van der Waals surface area contributed by atoms with Crippen LogP contribution in [0.1, 0.15) is 5.56 Å². The molecule has 7 heteroatoms. The van der Waals surface area contributed by atoms with Crippen molar-refractivity contribution < 1.29 is 8.83 Å². The molecule has 7 nitrogen and oxygen atoms in total. The second-order valence-corrected chi connectivity index (χ2v) is 13.5. The fraction of sp³-hybridized carbons (Fsp3) is 0. The van der Waals surface area contributed by atoms with Gasteiger partial charge in [0.15, 0.2) is 5.82 Å². The normalized spacial score (nSPS) is 11.6. The van der Waals surface area contributed by atoms with E-state index in [0.717, 1.165) is 76.8 Å². The summed E-state index contributed by atoms with van der Waals surface area (Å²) in [5.74, 6) is 0.464. The lowest BCUT2D eigenvalue weighted by Crippen LogP contribution is -2.01. The summed E-state index contributed by atoms with van der Waals surface area (Å²) >= 11 is 0. The lowest BCUT2D eigenvalue weighted by atomic mass is 9.99. The van der Waals surface area contributed by atoms with Crippen LogP contribution in [-0.4, -0.2) is 14.5 Å². The molecule has 0 unspecified atom stereocenters. The van der Waals surface area contributed by atoms with Crippen molar-refractivity contribution in [1.82, 2.24) is 14.5 Å². The maximum Gasteiger partial charge on any atom is 0.211 e. The van der Waals surface area contributed by atoms with Gasteiger partial charge in [-0.05, 0) is 60.2 Å². The average Bonchev–Trinajstić information content (AvgIpc) is 3.91. The summed E-state index contributed by atoms with van der Waals surface area (Å²) in [4.78, 5) is 14.2. The van der Waals surface area contributed by atoms with Gasteiger partial charge >= 0.3 is 0 Å². The zero-order valence-corrected chi connectivity index (χ0v) is 29.0. The zero-order valence-electron chi connectivity index (χ0n) is 29.0. The highest BCUT2D eigenvalue weighted by molar-refractivity contribution is 6.17. The fourth-order valence-corrected chi connectivity index (χ4v) is 7.97. The van der Waals surface area contributed by atoms with Crippen LogP contribution < -0.4 is 0 Å². The van der Waals surface area contributed by atoms with Gasteiger partial charge in [0.05, 0.1) is 34.7 Å². The van der Waals surface area contributed by atoms with Crippen LogP contribution in [0.5, 0.6) is 0 Å². The summed E-state index contributed by atoms with van der Waals surface area (Å²) in [7, 11) is 0. The third kappa shape index (κ3) is 4.61. The molecule has 0 aliphatic rings. The Hall–Kier alpha value is -8.00. The molecule has 11 aromatic rings. The monoisotopic (exact) mass is 703 g/mol. The van der Waals surface area contributed by atoms with Gasteiger partial charge in [-0.25, -0.2) is 14.8 Å². The first-order valence-electron chi connectivity index (χ1n) is 17.8. The molecule has 254 valence electrons. The number of hydrogen-bond donors (Lipinski definition) is 0. The Morgan fingerprint density at radius 2 is 1.13 bits per heavy atom. The highest BCUT2D eigenvalue weighted by Crippen LogP contribution is 2.42. The largest absolute Gasteiger partial charge is 0.456 e. The summed E-state index contributed by atoms with van der Waals surface area (Å²) in [5, 5.41) is 16.9. The minimum atomic E-state index is 0.331. The molecule has 0 saturated heterocycles. The van der Waals surface area contributed by atoms with E-state index >= 15 is 0 Å². The molecule has 11 rings (SSSR count). The molecule has 0 saturated carbocycles. The van der Waals surface area contributed by atoms with E-state index < -0.39 is 0 Å².